The first-order valence-electron chi connectivity index (χ1n) is 6.46. The van der Waals surface area contributed by atoms with E-state index >= 15 is 0 Å². The number of ether oxygens (including phenoxy) is 2. The summed E-state index contributed by atoms with van der Waals surface area (Å²) in [5, 5.41) is 3.80. The maximum Gasteiger partial charge on any atom is 0.219 e. The summed E-state index contributed by atoms with van der Waals surface area (Å²) in [6.45, 7) is 2.24. The normalized spacial score (nSPS) is 10.6. The Bertz CT molecular complexity index is 578. The van der Waals surface area contributed by atoms with Crippen LogP contribution >= 0.6 is 27.5 Å². The highest BCUT2D eigenvalue weighted by atomic mass is 79.9. The number of rotatable bonds is 7. The van der Waals surface area contributed by atoms with Gasteiger partial charge >= 0.3 is 0 Å². The van der Waals surface area contributed by atoms with Crippen molar-refractivity contribution in [3.8, 4) is 11.6 Å². The number of hydrogen-bond donors (Lipinski definition) is 1. The molecule has 4 nitrogen and oxygen atoms in total. The lowest BCUT2D eigenvalue weighted by Gasteiger charge is -2.08. The van der Waals surface area contributed by atoms with E-state index < -0.39 is 0 Å². The molecular weight excluding hydrogens is 356 g/mol. The Hall–Kier alpha value is -1.14. The molecule has 1 N–H and O–H groups in total. The number of pyridine rings is 1. The van der Waals surface area contributed by atoms with E-state index in [1.165, 1.54) is 0 Å². The number of methoxy groups -OCH3 is 1. The lowest BCUT2D eigenvalue weighted by molar-refractivity contribution is 0.199. The Morgan fingerprint density at radius 1 is 1.29 bits per heavy atom. The molecule has 112 valence electrons. The zero-order chi connectivity index (χ0) is 15.1. The summed E-state index contributed by atoms with van der Waals surface area (Å²) in [6.07, 6.45) is 1.78. The second kappa shape index (κ2) is 8.34. The van der Waals surface area contributed by atoms with Crippen LogP contribution < -0.4 is 10.1 Å². The standard InChI is InChI=1S/C15H16BrClN2O2/c1-20-7-6-18-9-11-2-5-15(19-10-11)21-14-8-12(16)3-4-13(14)17/h2-5,8,10,18H,6-7,9H2,1H3. The van der Waals surface area contributed by atoms with Gasteiger partial charge in [-0.05, 0) is 23.8 Å². The minimum absolute atomic E-state index is 0.510. The SMILES string of the molecule is COCCNCc1ccc(Oc2cc(Br)ccc2Cl)nc1. The molecule has 0 amide bonds. The molecule has 6 heteroatoms. The average molecular weight is 372 g/mol. The van der Waals surface area contributed by atoms with Crippen LogP contribution in [0.2, 0.25) is 5.02 Å². The Kier molecular flexibility index (Phi) is 6.45. The van der Waals surface area contributed by atoms with Crippen LogP contribution in [0.5, 0.6) is 11.6 Å². The fourth-order valence-electron chi connectivity index (χ4n) is 1.65. The first-order chi connectivity index (χ1) is 10.2. The van der Waals surface area contributed by atoms with Gasteiger partial charge in [0.15, 0.2) is 0 Å². The maximum atomic E-state index is 6.08. The van der Waals surface area contributed by atoms with E-state index in [9.17, 15) is 0 Å². The van der Waals surface area contributed by atoms with Gasteiger partial charge in [-0.2, -0.15) is 0 Å². The number of aromatic nitrogens is 1. The molecule has 2 aromatic rings. The summed E-state index contributed by atoms with van der Waals surface area (Å²) in [7, 11) is 1.68. The van der Waals surface area contributed by atoms with Crippen molar-refractivity contribution in [3.05, 3.63) is 51.6 Å². The van der Waals surface area contributed by atoms with Crippen molar-refractivity contribution in [2.45, 2.75) is 6.54 Å². The van der Waals surface area contributed by atoms with E-state index in [1.54, 1.807) is 19.4 Å². The lowest BCUT2D eigenvalue weighted by Crippen LogP contribution is -2.18. The minimum Gasteiger partial charge on any atom is -0.437 e. The molecule has 1 aromatic heterocycles. The van der Waals surface area contributed by atoms with Crippen molar-refractivity contribution >= 4 is 27.5 Å². The van der Waals surface area contributed by atoms with Gasteiger partial charge in [-0.3, -0.25) is 0 Å². The van der Waals surface area contributed by atoms with Gasteiger partial charge in [0, 0.05) is 36.9 Å². The average Bonchev–Trinajstić information content (AvgIpc) is 2.49. The maximum absolute atomic E-state index is 6.08. The highest BCUT2D eigenvalue weighted by Crippen LogP contribution is 2.31. The molecular formula is C15H16BrClN2O2. The largest absolute Gasteiger partial charge is 0.437 e. The molecule has 0 bridgehead atoms. The van der Waals surface area contributed by atoms with E-state index in [0.29, 0.717) is 23.3 Å². The molecule has 1 heterocycles. The third-order valence-electron chi connectivity index (χ3n) is 2.72. The van der Waals surface area contributed by atoms with Crippen LogP contribution in [0.15, 0.2) is 41.0 Å². The van der Waals surface area contributed by atoms with Crippen LogP contribution in [0.1, 0.15) is 5.56 Å². The molecule has 0 spiro atoms. The van der Waals surface area contributed by atoms with Crippen molar-refractivity contribution < 1.29 is 9.47 Å². The zero-order valence-electron chi connectivity index (χ0n) is 11.6. The fourth-order valence-corrected chi connectivity index (χ4v) is 2.15. The number of halogens is 2. The summed E-state index contributed by atoms with van der Waals surface area (Å²) in [4.78, 5) is 4.28. The van der Waals surface area contributed by atoms with Gasteiger partial charge < -0.3 is 14.8 Å². The van der Waals surface area contributed by atoms with Crippen molar-refractivity contribution in [2.75, 3.05) is 20.3 Å². The summed E-state index contributed by atoms with van der Waals surface area (Å²) < 4.78 is 11.5. The zero-order valence-corrected chi connectivity index (χ0v) is 13.9. The van der Waals surface area contributed by atoms with Crippen LogP contribution in [0.3, 0.4) is 0 Å². The van der Waals surface area contributed by atoms with Gasteiger partial charge in [-0.1, -0.05) is 33.6 Å². The van der Waals surface area contributed by atoms with Gasteiger partial charge in [0.25, 0.3) is 0 Å². The molecule has 1 aromatic carbocycles. The van der Waals surface area contributed by atoms with Crippen molar-refractivity contribution in [1.29, 1.82) is 0 Å². The third kappa shape index (κ3) is 5.28. The van der Waals surface area contributed by atoms with Crippen molar-refractivity contribution in [1.82, 2.24) is 10.3 Å². The van der Waals surface area contributed by atoms with E-state index in [-0.39, 0.29) is 0 Å². The molecule has 0 saturated heterocycles. The Morgan fingerprint density at radius 3 is 2.86 bits per heavy atom. The number of hydrogen-bond acceptors (Lipinski definition) is 4. The van der Waals surface area contributed by atoms with Crippen LogP contribution in [0.25, 0.3) is 0 Å². The van der Waals surface area contributed by atoms with E-state index in [4.69, 9.17) is 21.1 Å². The van der Waals surface area contributed by atoms with Crippen molar-refractivity contribution in [2.24, 2.45) is 0 Å². The fraction of sp³-hybridized carbons (Fsp3) is 0.267. The molecule has 0 atom stereocenters. The smallest absolute Gasteiger partial charge is 0.219 e. The Morgan fingerprint density at radius 2 is 2.14 bits per heavy atom. The van der Waals surface area contributed by atoms with Gasteiger partial charge in [0.05, 0.1) is 11.6 Å². The second-order valence-corrected chi connectivity index (χ2v) is 5.67. The summed E-state index contributed by atoms with van der Waals surface area (Å²) in [5.41, 5.74) is 1.08. The molecule has 0 saturated carbocycles. The second-order valence-electron chi connectivity index (χ2n) is 4.35. The number of nitrogens with one attached hydrogen (secondary N) is 1. The van der Waals surface area contributed by atoms with Gasteiger partial charge in [0.1, 0.15) is 5.75 Å². The topological polar surface area (TPSA) is 43.4 Å². The van der Waals surface area contributed by atoms with E-state index in [2.05, 4.69) is 26.2 Å². The molecule has 2 rings (SSSR count). The molecule has 0 aliphatic rings. The van der Waals surface area contributed by atoms with Gasteiger partial charge in [-0.15, -0.1) is 0 Å². The van der Waals surface area contributed by atoms with Crippen molar-refractivity contribution in [3.63, 3.8) is 0 Å². The quantitative estimate of drug-likeness (QED) is 0.746. The first kappa shape index (κ1) is 16.2. The predicted octanol–water partition coefficient (Wildman–Crippen LogP) is 4.03. The van der Waals surface area contributed by atoms with Crippen LogP contribution in [-0.4, -0.2) is 25.2 Å². The highest BCUT2D eigenvalue weighted by molar-refractivity contribution is 9.10. The van der Waals surface area contributed by atoms with E-state index in [0.717, 1.165) is 23.1 Å². The number of benzene rings is 1. The van der Waals surface area contributed by atoms with Crippen LogP contribution in [-0.2, 0) is 11.3 Å². The Labute approximate surface area is 137 Å². The summed E-state index contributed by atoms with van der Waals surface area (Å²) in [5.74, 6) is 1.08. The van der Waals surface area contributed by atoms with Gasteiger partial charge in [-0.25, -0.2) is 4.98 Å². The predicted molar refractivity (Wildman–Crippen MR) is 87.0 cm³/mol. The molecule has 0 unspecified atom stereocenters. The molecule has 0 radical (unpaired) electrons. The molecule has 21 heavy (non-hydrogen) atoms. The van der Waals surface area contributed by atoms with E-state index in [1.807, 2.05) is 24.3 Å². The third-order valence-corrected chi connectivity index (χ3v) is 3.52. The van der Waals surface area contributed by atoms with Crippen LogP contribution in [0, 0.1) is 0 Å². The molecule has 0 aliphatic carbocycles. The van der Waals surface area contributed by atoms with Gasteiger partial charge in [0.2, 0.25) is 5.88 Å². The number of nitrogens with zero attached hydrogens (tertiary/aromatic N) is 1. The molecule has 0 fully saturated rings. The minimum atomic E-state index is 0.510. The summed E-state index contributed by atoms with van der Waals surface area (Å²) in [6, 6.07) is 9.23. The Balaban J connectivity index is 1.94. The summed E-state index contributed by atoms with van der Waals surface area (Å²) >= 11 is 9.47. The lowest BCUT2D eigenvalue weighted by atomic mass is 10.3. The van der Waals surface area contributed by atoms with Crippen LogP contribution in [0.4, 0.5) is 0 Å². The first-order valence-corrected chi connectivity index (χ1v) is 7.63. The monoisotopic (exact) mass is 370 g/mol. The highest BCUT2D eigenvalue weighted by Gasteiger charge is 2.05. The molecule has 0 aliphatic heterocycles.